The predicted octanol–water partition coefficient (Wildman–Crippen LogP) is 3.89. The van der Waals surface area contributed by atoms with Gasteiger partial charge in [0.1, 0.15) is 0 Å². The van der Waals surface area contributed by atoms with Gasteiger partial charge in [-0.2, -0.15) is 18.3 Å². The minimum Gasteiger partial charge on any atom is -0.366 e. The zero-order valence-electron chi connectivity index (χ0n) is 16.6. The van der Waals surface area contributed by atoms with Gasteiger partial charge in [0, 0.05) is 34.9 Å². The number of benzene rings is 2. The fourth-order valence-corrected chi connectivity index (χ4v) is 3.10. The molecule has 0 saturated heterocycles. The number of hydrogen-bond donors (Lipinski definition) is 2. The number of aryl methyl sites for hydroxylation is 1. The van der Waals surface area contributed by atoms with E-state index in [2.05, 4.69) is 25.5 Å². The number of anilines is 2. The second-order valence-corrected chi connectivity index (χ2v) is 6.92. The van der Waals surface area contributed by atoms with Gasteiger partial charge in [-0.05, 0) is 42.8 Å². The molecule has 0 aliphatic rings. The van der Waals surface area contributed by atoms with Crippen molar-refractivity contribution in [2.75, 3.05) is 11.1 Å². The van der Waals surface area contributed by atoms with E-state index in [-0.39, 0.29) is 22.9 Å². The standard InChI is InChI=1S/C21H16F3N7O/c1-12-2-3-13(6-17(12)18-10-27-30-20(25)29-18)19(32)28-15-7-14(21(22,23)24)8-16(9-15)31-5-4-26-11-31/h2-11H,1H3,(H,28,32)(H2,25,29,30). The van der Waals surface area contributed by atoms with Gasteiger partial charge >= 0.3 is 6.18 Å². The molecule has 0 aliphatic heterocycles. The number of carbonyl (C=O) groups is 1. The monoisotopic (exact) mass is 439 g/mol. The molecule has 3 N–H and O–H groups in total. The molecule has 0 aliphatic carbocycles. The second kappa shape index (κ2) is 8.10. The summed E-state index contributed by atoms with van der Waals surface area (Å²) in [4.78, 5) is 20.8. The smallest absolute Gasteiger partial charge is 0.366 e. The Labute approximate surface area is 180 Å². The van der Waals surface area contributed by atoms with Crippen LogP contribution in [0.3, 0.4) is 0 Å². The molecule has 162 valence electrons. The van der Waals surface area contributed by atoms with Crippen molar-refractivity contribution in [2.24, 2.45) is 0 Å². The molecule has 2 aromatic carbocycles. The summed E-state index contributed by atoms with van der Waals surface area (Å²) < 4.78 is 41.6. The molecule has 0 bridgehead atoms. The Kier molecular flexibility index (Phi) is 5.31. The predicted molar refractivity (Wildman–Crippen MR) is 111 cm³/mol. The molecule has 0 radical (unpaired) electrons. The number of carbonyl (C=O) groups excluding carboxylic acids is 1. The highest BCUT2D eigenvalue weighted by Crippen LogP contribution is 2.33. The van der Waals surface area contributed by atoms with Crippen LogP contribution in [0.15, 0.2) is 61.3 Å². The van der Waals surface area contributed by atoms with E-state index < -0.39 is 17.6 Å². The Hall–Kier alpha value is -4.28. The second-order valence-electron chi connectivity index (χ2n) is 6.92. The molecule has 0 atom stereocenters. The van der Waals surface area contributed by atoms with Gasteiger partial charge in [0.2, 0.25) is 5.95 Å². The van der Waals surface area contributed by atoms with Crippen LogP contribution in [0.25, 0.3) is 16.9 Å². The van der Waals surface area contributed by atoms with Crippen molar-refractivity contribution in [1.82, 2.24) is 24.7 Å². The van der Waals surface area contributed by atoms with E-state index in [1.165, 1.54) is 35.6 Å². The quantitative estimate of drug-likeness (QED) is 0.499. The summed E-state index contributed by atoms with van der Waals surface area (Å²) in [5.74, 6) is -0.607. The normalized spacial score (nSPS) is 11.4. The molecule has 32 heavy (non-hydrogen) atoms. The van der Waals surface area contributed by atoms with Gasteiger partial charge < -0.3 is 15.6 Å². The number of amides is 1. The lowest BCUT2D eigenvalue weighted by Crippen LogP contribution is -2.14. The van der Waals surface area contributed by atoms with Gasteiger partial charge in [-0.25, -0.2) is 9.97 Å². The molecular formula is C21H16F3N7O. The fourth-order valence-electron chi connectivity index (χ4n) is 3.10. The van der Waals surface area contributed by atoms with Crippen LogP contribution in [0, 0.1) is 6.92 Å². The largest absolute Gasteiger partial charge is 0.416 e. The topological polar surface area (TPSA) is 112 Å². The van der Waals surface area contributed by atoms with Crippen LogP contribution in [-0.2, 0) is 6.18 Å². The molecule has 2 aromatic heterocycles. The van der Waals surface area contributed by atoms with Gasteiger partial charge in [0.25, 0.3) is 5.91 Å². The van der Waals surface area contributed by atoms with E-state index in [1.54, 1.807) is 18.2 Å². The first kappa shape index (κ1) is 21.0. The van der Waals surface area contributed by atoms with Crippen LogP contribution in [0.2, 0.25) is 0 Å². The number of halogens is 3. The lowest BCUT2D eigenvalue weighted by molar-refractivity contribution is -0.137. The number of nitrogens with zero attached hydrogens (tertiary/aromatic N) is 5. The zero-order valence-corrected chi connectivity index (χ0v) is 16.6. The molecule has 0 unspecified atom stereocenters. The number of nitrogens with one attached hydrogen (secondary N) is 1. The number of imidazole rings is 1. The van der Waals surface area contributed by atoms with Crippen LogP contribution in [0.5, 0.6) is 0 Å². The van der Waals surface area contributed by atoms with Crippen molar-refractivity contribution in [3.63, 3.8) is 0 Å². The summed E-state index contributed by atoms with van der Waals surface area (Å²) in [5, 5.41) is 9.90. The maximum absolute atomic E-state index is 13.4. The molecule has 2 heterocycles. The van der Waals surface area contributed by atoms with Crippen LogP contribution in [0.1, 0.15) is 21.5 Å². The summed E-state index contributed by atoms with van der Waals surface area (Å²) in [6.07, 6.45) is 1.14. The third-order valence-electron chi connectivity index (χ3n) is 4.66. The van der Waals surface area contributed by atoms with E-state index in [4.69, 9.17) is 5.73 Å². The molecule has 11 heteroatoms. The molecular weight excluding hydrogens is 423 g/mol. The highest BCUT2D eigenvalue weighted by Gasteiger charge is 2.31. The summed E-state index contributed by atoms with van der Waals surface area (Å²) in [6.45, 7) is 1.82. The minimum absolute atomic E-state index is 0.0106. The van der Waals surface area contributed by atoms with Gasteiger partial charge in [0.15, 0.2) is 0 Å². The molecule has 4 aromatic rings. The van der Waals surface area contributed by atoms with E-state index in [9.17, 15) is 18.0 Å². The highest BCUT2D eigenvalue weighted by molar-refractivity contribution is 6.05. The summed E-state index contributed by atoms with van der Waals surface area (Å²) in [6, 6.07) is 8.12. The van der Waals surface area contributed by atoms with Crippen molar-refractivity contribution in [3.8, 4) is 16.9 Å². The van der Waals surface area contributed by atoms with Crippen LogP contribution >= 0.6 is 0 Å². The fraction of sp³-hybridized carbons (Fsp3) is 0.0952. The van der Waals surface area contributed by atoms with E-state index in [1.807, 2.05) is 6.92 Å². The Morgan fingerprint density at radius 1 is 1.16 bits per heavy atom. The average Bonchev–Trinajstić information content (AvgIpc) is 3.28. The van der Waals surface area contributed by atoms with Crippen LogP contribution in [-0.4, -0.2) is 30.6 Å². The van der Waals surface area contributed by atoms with E-state index in [0.29, 0.717) is 11.3 Å². The van der Waals surface area contributed by atoms with Crippen molar-refractivity contribution >= 4 is 17.5 Å². The lowest BCUT2D eigenvalue weighted by Gasteiger charge is -2.14. The Morgan fingerprint density at radius 3 is 2.66 bits per heavy atom. The van der Waals surface area contributed by atoms with Crippen molar-refractivity contribution < 1.29 is 18.0 Å². The van der Waals surface area contributed by atoms with Crippen LogP contribution < -0.4 is 11.1 Å². The Balaban J connectivity index is 1.68. The highest BCUT2D eigenvalue weighted by atomic mass is 19.4. The van der Waals surface area contributed by atoms with Gasteiger partial charge in [-0.15, -0.1) is 5.10 Å². The Morgan fingerprint density at radius 2 is 1.97 bits per heavy atom. The third-order valence-corrected chi connectivity index (χ3v) is 4.66. The number of nitrogens with two attached hydrogens (primary N) is 1. The number of alkyl halides is 3. The van der Waals surface area contributed by atoms with Crippen molar-refractivity contribution in [3.05, 3.63) is 78.0 Å². The number of nitrogen functional groups attached to an aromatic ring is 1. The Bertz CT molecular complexity index is 1290. The first-order valence-electron chi connectivity index (χ1n) is 9.29. The molecule has 8 nitrogen and oxygen atoms in total. The maximum Gasteiger partial charge on any atom is 0.416 e. The molecule has 4 rings (SSSR count). The van der Waals surface area contributed by atoms with Gasteiger partial charge in [-0.1, -0.05) is 6.07 Å². The molecule has 0 spiro atoms. The summed E-state index contributed by atoms with van der Waals surface area (Å²) >= 11 is 0. The zero-order chi connectivity index (χ0) is 22.9. The van der Waals surface area contributed by atoms with Crippen molar-refractivity contribution in [2.45, 2.75) is 13.1 Å². The first-order valence-corrected chi connectivity index (χ1v) is 9.29. The van der Waals surface area contributed by atoms with E-state index in [0.717, 1.165) is 17.7 Å². The first-order chi connectivity index (χ1) is 15.2. The summed E-state index contributed by atoms with van der Waals surface area (Å²) in [5.41, 5.74) is 6.94. The van der Waals surface area contributed by atoms with E-state index >= 15 is 0 Å². The number of rotatable bonds is 4. The average molecular weight is 439 g/mol. The maximum atomic E-state index is 13.4. The third kappa shape index (κ3) is 4.41. The molecule has 0 saturated carbocycles. The SMILES string of the molecule is Cc1ccc(C(=O)Nc2cc(-n3ccnc3)cc(C(F)(F)F)c2)cc1-c1cnnc(N)n1. The molecule has 0 fully saturated rings. The van der Waals surface area contributed by atoms with Gasteiger partial charge in [0.05, 0.1) is 23.8 Å². The van der Waals surface area contributed by atoms with Crippen LogP contribution in [0.4, 0.5) is 24.8 Å². The number of aromatic nitrogens is 5. The number of hydrogen-bond acceptors (Lipinski definition) is 6. The van der Waals surface area contributed by atoms with Gasteiger partial charge in [-0.3, -0.25) is 4.79 Å². The lowest BCUT2D eigenvalue weighted by atomic mass is 10.0. The minimum atomic E-state index is -4.59. The molecule has 1 amide bonds. The summed E-state index contributed by atoms with van der Waals surface area (Å²) in [7, 11) is 0. The van der Waals surface area contributed by atoms with Crippen molar-refractivity contribution in [1.29, 1.82) is 0 Å².